The average molecular weight is 165 g/mol. The molecule has 0 aliphatic heterocycles. The molecule has 0 amide bonds. The molecule has 0 aliphatic rings. The lowest BCUT2D eigenvalue weighted by atomic mass is 10.3. The van der Waals surface area contributed by atoms with Crippen LogP contribution in [0.5, 0.6) is 0 Å². The lowest BCUT2D eigenvalue weighted by Gasteiger charge is -1.96. The maximum atomic E-state index is 4.12. The number of hydrogen-bond donors (Lipinski definition) is 1. The molecule has 0 aliphatic carbocycles. The number of rotatable bonds is 1. The first-order valence-corrected chi connectivity index (χ1v) is 4.03. The van der Waals surface area contributed by atoms with Crippen molar-refractivity contribution in [2.75, 3.05) is 12.4 Å². The first-order chi connectivity index (χ1) is 5.40. The Labute approximate surface area is 68.4 Å². The molecule has 56 valence electrons. The van der Waals surface area contributed by atoms with Gasteiger partial charge in [-0.3, -0.25) is 0 Å². The van der Waals surface area contributed by atoms with Crippen LogP contribution in [0.25, 0.3) is 11.0 Å². The Morgan fingerprint density at radius 1 is 1.27 bits per heavy atom. The van der Waals surface area contributed by atoms with Crippen LogP contribution in [-0.4, -0.2) is 15.8 Å². The number of nitrogens with zero attached hydrogens (tertiary/aromatic N) is 2. The molecule has 2 aromatic rings. The maximum absolute atomic E-state index is 4.12. The van der Waals surface area contributed by atoms with Crippen LogP contribution in [-0.2, 0) is 0 Å². The van der Waals surface area contributed by atoms with Crippen molar-refractivity contribution in [2.24, 2.45) is 0 Å². The molecule has 0 spiro atoms. The number of fused-ring (bicyclic) bond motifs is 1. The minimum atomic E-state index is 0.960. The van der Waals surface area contributed by atoms with E-state index < -0.39 is 0 Å². The largest absolute Gasteiger partial charge is 0.388 e. The summed E-state index contributed by atoms with van der Waals surface area (Å²) < 4.78 is 8.21. The molecule has 1 N–H and O–H groups in total. The van der Waals surface area contributed by atoms with E-state index >= 15 is 0 Å². The molecule has 11 heavy (non-hydrogen) atoms. The van der Waals surface area contributed by atoms with Gasteiger partial charge >= 0.3 is 0 Å². The average Bonchev–Trinajstić information content (AvgIpc) is 2.50. The van der Waals surface area contributed by atoms with Gasteiger partial charge in [0.05, 0.1) is 11.7 Å². The second kappa shape index (κ2) is 2.47. The van der Waals surface area contributed by atoms with Crippen LogP contribution in [0.2, 0.25) is 0 Å². The van der Waals surface area contributed by atoms with Crippen LogP contribution >= 0.6 is 11.7 Å². The summed E-state index contributed by atoms with van der Waals surface area (Å²) in [6, 6.07) is 5.94. The van der Waals surface area contributed by atoms with Crippen molar-refractivity contribution in [3.05, 3.63) is 18.2 Å². The van der Waals surface area contributed by atoms with Gasteiger partial charge in [-0.2, -0.15) is 8.75 Å². The molecule has 0 radical (unpaired) electrons. The fourth-order valence-electron chi connectivity index (χ4n) is 0.938. The zero-order valence-corrected chi connectivity index (χ0v) is 6.85. The third-order valence-corrected chi connectivity index (χ3v) is 2.10. The summed E-state index contributed by atoms with van der Waals surface area (Å²) in [6.45, 7) is 0. The standard InChI is InChI=1S/C7H7N3S/c1-8-5-2-3-6-7(4-5)10-11-9-6/h2-4,8H,1H3. The van der Waals surface area contributed by atoms with Crippen molar-refractivity contribution in [2.45, 2.75) is 0 Å². The van der Waals surface area contributed by atoms with Crippen molar-refractivity contribution in [3.8, 4) is 0 Å². The van der Waals surface area contributed by atoms with E-state index in [0.29, 0.717) is 0 Å². The molecular formula is C7H7N3S. The predicted octanol–water partition coefficient (Wildman–Crippen LogP) is 1.73. The van der Waals surface area contributed by atoms with Crippen molar-refractivity contribution < 1.29 is 0 Å². The summed E-state index contributed by atoms with van der Waals surface area (Å²) >= 11 is 1.24. The van der Waals surface area contributed by atoms with E-state index in [1.54, 1.807) is 0 Å². The van der Waals surface area contributed by atoms with Gasteiger partial charge in [0.1, 0.15) is 11.0 Å². The van der Waals surface area contributed by atoms with Gasteiger partial charge in [0.25, 0.3) is 0 Å². The smallest absolute Gasteiger partial charge is 0.106 e. The number of nitrogens with one attached hydrogen (secondary N) is 1. The quantitative estimate of drug-likeness (QED) is 0.699. The molecule has 1 aromatic heterocycles. The first kappa shape index (κ1) is 6.54. The Hall–Kier alpha value is -1.16. The van der Waals surface area contributed by atoms with Gasteiger partial charge in [-0.25, -0.2) is 0 Å². The number of aromatic nitrogens is 2. The summed E-state index contributed by atoms with van der Waals surface area (Å²) in [4.78, 5) is 0. The summed E-state index contributed by atoms with van der Waals surface area (Å²) in [5.41, 5.74) is 3.00. The molecule has 1 aromatic carbocycles. The van der Waals surface area contributed by atoms with Crippen LogP contribution in [0.4, 0.5) is 5.69 Å². The second-order valence-corrected chi connectivity index (χ2v) is 2.75. The summed E-state index contributed by atoms with van der Waals surface area (Å²) in [7, 11) is 1.89. The summed E-state index contributed by atoms with van der Waals surface area (Å²) in [5, 5.41) is 3.05. The van der Waals surface area contributed by atoms with E-state index in [9.17, 15) is 0 Å². The molecule has 0 saturated heterocycles. The van der Waals surface area contributed by atoms with Crippen LogP contribution in [0, 0.1) is 0 Å². The Kier molecular flexibility index (Phi) is 1.47. The van der Waals surface area contributed by atoms with Gasteiger partial charge < -0.3 is 5.32 Å². The maximum Gasteiger partial charge on any atom is 0.106 e. The van der Waals surface area contributed by atoms with E-state index in [0.717, 1.165) is 16.7 Å². The zero-order chi connectivity index (χ0) is 7.68. The highest BCUT2D eigenvalue weighted by atomic mass is 32.1. The van der Waals surface area contributed by atoms with Crippen LogP contribution in [0.3, 0.4) is 0 Å². The van der Waals surface area contributed by atoms with E-state index in [-0.39, 0.29) is 0 Å². The van der Waals surface area contributed by atoms with Gasteiger partial charge in [-0.15, -0.1) is 0 Å². The molecule has 1 heterocycles. The van der Waals surface area contributed by atoms with E-state index in [4.69, 9.17) is 0 Å². The molecular weight excluding hydrogens is 158 g/mol. The Bertz CT molecular complexity index is 368. The fraction of sp³-hybridized carbons (Fsp3) is 0.143. The Morgan fingerprint density at radius 2 is 2.09 bits per heavy atom. The number of benzene rings is 1. The minimum Gasteiger partial charge on any atom is -0.388 e. The summed E-state index contributed by atoms with van der Waals surface area (Å²) in [5.74, 6) is 0. The number of hydrogen-bond acceptors (Lipinski definition) is 4. The normalized spacial score (nSPS) is 10.3. The number of anilines is 1. The highest BCUT2D eigenvalue weighted by molar-refractivity contribution is 7.00. The van der Waals surface area contributed by atoms with Crippen molar-refractivity contribution in [3.63, 3.8) is 0 Å². The third kappa shape index (κ3) is 1.05. The van der Waals surface area contributed by atoms with Gasteiger partial charge in [0.15, 0.2) is 0 Å². The lowest BCUT2D eigenvalue weighted by Crippen LogP contribution is -1.86. The first-order valence-electron chi connectivity index (χ1n) is 3.30. The van der Waals surface area contributed by atoms with Gasteiger partial charge in [0.2, 0.25) is 0 Å². The molecule has 0 bridgehead atoms. The van der Waals surface area contributed by atoms with E-state index in [1.807, 2.05) is 25.2 Å². The van der Waals surface area contributed by atoms with Crippen LogP contribution in [0.15, 0.2) is 18.2 Å². The zero-order valence-electron chi connectivity index (χ0n) is 6.03. The molecule has 0 saturated carbocycles. The summed E-state index contributed by atoms with van der Waals surface area (Å²) in [6.07, 6.45) is 0. The molecule has 3 nitrogen and oxygen atoms in total. The van der Waals surface area contributed by atoms with Crippen LogP contribution < -0.4 is 5.32 Å². The van der Waals surface area contributed by atoms with Gasteiger partial charge in [-0.05, 0) is 18.2 Å². The van der Waals surface area contributed by atoms with Gasteiger partial charge in [-0.1, -0.05) is 0 Å². The molecule has 0 fully saturated rings. The second-order valence-electron chi connectivity index (χ2n) is 2.22. The molecule has 0 atom stereocenters. The Balaban J connectivity index is 2.67. The van der Waals surface area contributed by atoms with E-state index in [2.05, 4.69) is 14.1 Å². The van der Waals surface area contributed by atoms with Crippen molar-refractivity contribution >= 4 is 28.4 Å². The predicted molar refractivity (Wildman–Crippen MR) is 47.0 cm³/mol. The van der Waals surface area contributed by atoms with Crippen LogP contribution in [0.1, 0.15) is 0 Å². The van der Waals surface area contributed by atoms with E-state index in [1.165, 1.54) is 11.7 Å². The fourth-order valence-corrected chi connectivity index (χ4v) is 1.46. The van der Waals surface area contributed by atoms with Crippen molar-refractivity contribution in [1.82, 2.24) is 8.75 Å². The monoisotopic (exact) mass is 165 g/mol. The lowest BCUT2D eigenvalue weighted by molar-refractivity contribution is 1.52. The van der Waals surface area contributed by atoms with Crippen molar-refractivity contribution in [1.29, 1.82) is 0 Å². The molecule has 4 heteroatoms. The molecule has 2 rings (SSSR count). The highest BCUT2D eigenvalue weighted by Crippen LogP contribution is 2.15. The van der Waals surface area contributed by atoms with Gasteiger partial charge in [0, 0.05) is 12.7 Å². The Morgan fingerprint density at radius 3 is 2.91 bits per heavy atom. The topological polar surface area (TPSA) is 37.8 Å². The highest BCUT2D eigenvalue weighted by Gasteiger charge is 1.97. The minimum absolute atomic E-state index is 0.960. The molecule has 0 unspecified atom stereocenters. The SMILES string of the molecule is CNc1ccc2nsnc2c1. The third-order valence-electron chi connectivity index (χ3n) is 1.54.